The van der Waals surface area contributed by atoms with E-state index >= 15 is 0 Å². The van der Waals surface area contributed by atoms with Crippen LogP contribution in [0.1, 0.15) is 23.4 Å². The van der Waals surface area contributed by atoms with Crippen LogP contribution in [0.2, 0.25) is 0 Å². The number of carbonyl (C=O) groups is 1. The van der Waals surface area contributed by atoms with Crippen molar-refractivity contribution in [2.45, 2.75) is 17.7 Å². The van der Waals surface area contributed by atoms with Gasteiger partial charge in [0.15, 0.2) is 4.67 Å². The van der Waals surface area contributed by atoms with Gasteiger partial charge in [-0.05, 0) is 34.7 Å². The summed E-state index contributed by atoms with van der Waals surface area (Å²) in [5.74, 6) is -0.663. The molecular formula is C11H14BrNO6S. The number of esters is 1. The van der Waals surface area contributed by atoms with Crippen molar-refractivity contribution in [3.63, 3.8) is 0 Å². The molecule has 0 unspecified atom stereocenters. The average molecular weight is 368 g/mol. The van der Waals surface area contributed by atoms with Crippen molar-refractivity contribution in [1.82, 2.24) is 0 Å². The van der Waals surface area contributed by atoms with Gasteiger partial charge < -0.3 is 13.9 Å². The van der Waals surface area contributed by atoms with Crippen LogP contribution in [-0.4, -0.2) is 34.2 Å². The average Bonchev–Trinajstić information content (AvgIpc) is 2.79. The monoisotopic (exact) mass is 367 g/mol. The van der Waals surface area contributed by atoms with E-state index in [1.54, 1.807) is 0 Å². The maximum absolute atomic E-state index is 11.8. The number of carbonyl (C=O) groups excluding carboxylic acids is 1. The fourth-order valence-electron chi connectivity index (χ4n) is 1.82. The minimum atomic E-state index is -3.95. The summed E-state index contributed by atoms with van der Waals surface area (Å²) in [5.41, 5.74) is 0. The molecule has 0 radical (unpaired) electrons. The number of sulfonamides is 1. The number of furan rings is 1. The molecule has 0 amide bonds. The molecule has 0 aromatic carbocycles. The topological polar surface area (TPSA) is 109 Å². The van der Waals surface area contributed by atoms with Crippen LogP contribution >= 0.6 is 15.9 Å². The van der Waals surface area contributed by atoms with E-state index in [1.165, 1.54) is 0 Å². The Kier molecular flexibility index (Phi) is 4.84. The molecular weight excluding hydrogens is 354 g/mol. The lowest BCUT2D eigenvalue weighted by atomic mass is 10.0. The highest BCUT2D eigenvalue weighted by Crippen LogP contribution is 2.26. The predicted molar refractivity (Wildman–Crippen MR) is 71.6 cm³/mol. The molecule has 2 N–H and O–H groups in total. The summed E-state index contributed by atoms with van der Waals surface area (Å²) in [6.07, 6.45) is 1.66. The highest BCUT2D eigenvalue weighted by Gasteiger charge is 2.24. The first-order chi connectivity index (χ1) is 9.38. The zero-order valence-electron chi connectivity index (χ0n) is 10.5. The Morgan fingerprint density at radius 1 is 1.45 bits per heavy atom. The van der Waals surface area contributed by atoms with Gasteiger partial charge in [0, 0.05) is 19.3 Å². The van der Waals surface area contributed by atoms with Gasteiger partial charge >= 0.3 is 5.97 Å². The molecule has 2 rings (SSSR count). The molecule has 1 aromatic heterocycles. The number of primary sulfonamides is 1. The molecule has 1 aliphatic heterocycles. The summed E-state index contributed by atoms with van der Waals surface area (Å²) in [7, 11) is -3.95. The van der Waals surface area contributed by atoms with Gasteiger partial charge in [-0.1, -0.05) is 0 Å². The maximum atomic E-state index is 11.8. The number of ether oxygens (including phenoxy) is 2. The van der Waals surface area contributed by atoms with E-state index < -0.39 is 16.0 Å². The number of hydrogen-bond acceptors (Lipinski definition) is 6. The molecule has 112 valence electrons. The zero-order valence-corrected chi connectivity index (χ0v) is 12.9. The van der Waals surface area contributed by atoms with E-state index in [1.807, 2.05) is 0 Å². The van der Waals surface area contributed by atoms with Crippen molar-refractivity contribution in [3.8, 4) is 0 Å². The van der Waals surface area contributed by atoms with Crippen LogP contribution < -0.4 is 5.14 Å². The minimum Gasteiger partial charge on any atom is -0.460 e. The van der Waals surface area contributed by atoms with Crippen LogP contribution in [0.3, 0.4) is 0 Å². The smallest absolute Gasteiger partial charge is 0.374 e. The SMILES string of the molecule is NS(=O)(=O)c1cc(C(=O)OCC2CCOCC2)oc1Br. The van der Waals surface area contributed by atoms with Crippen LogP contribution in [0.25, 0.3) is 0 Å². The lowest BCUT2D eigenvalue weighted by Crippen LogP contribution is -2.21. The van der Waals surface area contributed by atoms with Gasteiger partial charge in [0.2, 0.25) is 15.8 Å². The van der Waals surface area contributed by atoms with E-state index in [2.05, 4.69) is 15.9 Å². The van der Waals surface area contributed by atoms with E-state index in [4.69, 9.17) is 19.0 Å². The Bertz CT molecular complexity index is 590. The Morgan fingerprint density at radius 2 is 2.10 bits per heavy atom. The Balaban J connectivity index is 1.99. The molecule has 0 bridgehead atoms. The molecule has 20 heavy (non-hydrogen) atoms. The molecule has 0 atom stereocenters. The molecule has 1 saturated heterocycles. The van der Waals surface area contributed by atoms with Gasteiger partial charge in [-0.15, -0.1) is 0 Å². The molecule has 7 nitrogen and oxygen atoms in total. The summed E-state index contributed by atoms with van der Waals surface area (Å²) in [6, 6.07) is 1.05. The Labute approximate surface area is 124 Å². The van der Waals surface area contributed by atoms with Gasteiger partial charge in [-0.25, -0.2) is 18.4 Å². The predicted octanol–water partition coefficient (Wildman–Crippen LogP) is 1.27. The standard InChI is InChI=1S/C11H14BrNO6S/c12-10-9(20(13,15)16)5-8(19-10)11(14)18-6-7-1-3-17-4-2-7/h5,7H,1-4,6H2,(H2,13,15,16). The lowest BCUT2D eigenvalue weighted by molar-refractivity contribution is 0.0163. The van der Waals surface area contributed by atoms with Crippen molar-refractivity contribution < 1.29 is 27.1 Å². The van der Waals surface area contributed by atoms with E-state index in [0.717, 1.165) is 18.9 Å². The van der Waals surface area contributed by atoms with Crippen molar-refractivity contribution in [1.29, 1.82) is 0 Å². The van der Waals surface area contributed by atoms with Crippen LogP contribution in [0.5, 0.6) is 0 Å². The van der Waals surface area contributed by atoms with Gasteiger partial charge in [-0.2, -0.15) is 0 Å². The van der Waals surface area contributed by atoms with Gasteiger partial charge in [-0.3, -0.25) is 0 Å². The number of halogens is 1. The molecule has 2 heterocycles. The Morgan fingerprint density at radius 3 is 2.65 bits per heavy atom. The van der Waals surface area contributed by atoms with Crippen LogP contribution in [0, 0.1) is 5.92 Å². The first-order valence-electron chi connectivity index (χ1n) is 5.95. The van der Waals surface area contributed by atoms with Gasteiger partial charge in [0.1, 0.15) is 4.90 Å². The third-order valence-corrected chi connectivity index (χ3v) is 4.72. The summed E-state index contributed by atoms with van der Waals surface area (Å²) in [6.45, 7) is 1.57. The van der Waals surface area contributed by atoms with E-state index in [0.29, 0.717) is 13.2 Å². The molecule has 1 aliphatic rings. The summed E-state index contributed by atoms with van der Waals surface area (Å²) < 4.78 is 37.6. The normalized spacial score (nSPS) is 17.1. The van der Waals surface area contributed by atoms with Crippen molar-refractivity contribution in [3.05, 3.63) is 16.5 Å². The number of hydrogen-bond donors (Lipinski definition) is 1. The maximum Gasteiger partial charge on any atom is 0.374 e. The zero-order chi connectivity index (χ0) is 14.8. The fourth-order valence-corrected chi connectivity index (χ4v) is 3.33. The van der Waals surface area contributed by atoms with Crippen LogP contribution in [0.4, 0.5) is 0 Å². The molecule has 9 heteroatoms. The summed E-state index contributed by atoms with van der Waals surface area (Å²) in [5, 5.41) is 4.98. The molecule has 1 fully saturated rings. The highest BCUT2D eigenvalue weighted by molar-refractivity contribution is 9.10. The van der Waals surface area contributed by atoms with E-state index in [9.17, 15) is 13.2 Å². The second kappa shape index (κ2) is 6.25. The highest BCUT2D eigenvalue weighted by atomic mass is 79.9. The van der Waals surface area contributed by atoms with E-state index in [-0.39, 0.29) is 27.9 Å². The first-order valence-corrected chi connectivity index (χ1v) is 8.29. The third-order valence-electron chi connectivity index (χ3n) is 2.95. The molecule has 1 aromatic rings. The molecule has 0 saturated carbocycles. The quantitative estimate of drug-likeness (QED) is 0.802. The van der Waals surface area contributed by atoms with Gasteiger partial charge in [0.25, 0.3) is 0 Å². The third kappa shape index (κ3) is 3.81. The van der Waals surface area contributed by atoms with Crippen molar-refractivity contribution in [2.24, 2.45) is 11.1 Å². The molecule has 0 spiro atoms. The Hall–Kier alpha value is -0.900. The summed E-state index contributed by atoms with van der Waals surface area (Å²) >= 11 is 2.90. The number of nitrogens with two attached hydrogens (primary N) is 1. The second-order valence-electron chi connectivity index (χ2n) is 4.45. The van der Waals surface area contributed by atoms with Crippen molar-refractivity contribution in [2.75, 3.05) is 19.8 Å². The first kappa shape index (κ1) is 15.5. The minimum absolute atomic E-state index is 0.113. The number of rotatable bonds is 4. The van der Waals surface area contributed by atoms with Crippen molar-refractivity contribution >= 4 is 31.9 Å². The second-order valence-corrected chi connectivity index (χ2v) is 6.70. The van der Waals surface area contributed by atoms with Gasteiger partial charge in [0.05, 0.1) is 6.61 Å². The fraction of sp³-hybridized carbons (Fsp3) is 0.545. The van der Waals surface area contributed by atoms with Crippen LogP contribution in [-0.2, 0) is 19.5 Å². The largest absolute Gasteiger partial charge is 0.460 e. The summed E-state index contributed by atoms with van der Waals surface area (Å²) in [4.78, 5) is 11.5. The lowest BCUT2D eigenvalue weighted by Gasteiger charge is -2.21. The van der Waals surface area contributed by atoms with Crippen LogP contribution in [0.15, 0.2) is 20.0 Å². The molecule has 0 aliphatic carbocycles.